The topological polar surface area (TPSA) is 49.4 Å². The van der Waals surface area contributed by atoms with E-state index in [2.05, 4.69) is 43.1 Å². The fourth-order valence-electron chi connectivity index (χ4n) is 4.46. The summed E-state index contributed by atoms with van der Waals surface area (Å²) >= 11 is 0. The zero-order valence-corrected chi connectivity index (χ0v) is 16.0. The molecule has 0 radical (unpaired) electrons. The molecule has 1 aliphatic heterocycles. The minimum atomic E-state index is -0.288. The second-order valence-corrected chi connectivity index (χ2v) is 8.14. The number of fused-ring (bicyclic) bond motifs is 1. The smallest absolute Gasteiger partial charge is 0.243 e. The third-order valence-electron chi connectivity index (χ3n) is 6.25. The molecule has 1 aromatic carbocycles. The van der Waals surface area contributed by atoms with Crippen LogP contribution in [-0.4, -0.2) is 35.8 Å². The fourth-order valence-corrected chi connectivity index (χ4v) is 4.46. The average Bonchev–Trinajstić information content (AvgIpc) is 2.67. The Labute approximate surface area is 156 Å². The number of benzene rings is 1. The van der Waals surface area contributed by atoms with Crippen LogP contribution >= 0.6 is 0 Å². The number of piperidine rings is 1. The Morgan fingerprint density at radius 1 is 1.27 bits per heavy atom. The van der Waals surface area contributed by atoms with Gasteiger partial charge >= 0.3 is 0 Å². The predicted octanol–water partition coefficient (Wildman–Crippen LogP) is 3.11. The van der Waals surface area contributed by atoms with E-state index in [0.717, 1.165) is 45.2 Å². The number of amides is 2. The standard InChI is InChI=1S/C22H30N2O2/c1-4-20(25)23-16(2)17-10-13-24(14-11-17)21(26)22(3)12-9-18-7-5-6-8-19(18)15-22/h4-8,16-17H,1,9-15H2,2-3H3,(H,23,25). The number of rotatable bonds is 4. The molecule has 0 aromatic heterocycles. The first-order valence-corrected chi connectivity index (χ1v) is 9.72. The van der Waals surface area contributed by atoms with E-state index in [1.807, 2.05) is 11.8 Å². The van der Waals surface area contributed by atoms with Crippen molar-refractivity contribution in [3.63, 3.8) is 0 Å². The van der Waals surface area contributed by atoms with E-state index < -0.39 is 0 Å². The van der Waals surface area contributed by atoms with Crippen LogP contribution in [0, 0.1) is 11.3 Å². The lowest BCUT2D eigenvalue weighted by Crippen LogP contribution is -2.50. The van der Waals surface area contributed by atoms with E-state index in [1.54, 1.807) is 0 Å². The van der Waals surface area contributed by atoms with E-state index in [1.165, 1.54) is 17.2 Å². The van der Waals surface area contributed by atoms with E-state index in [0.29, 0.717) is 11.8 Å². The van der Waals surface area contributed by atoms with Gasteiger partial charge in [-0.15, -0.1) is 0 Å². The molecule has 3 rings (SSSR count). The van der Waals surface area contributed by atoms with Gasteiger partial charge in [-0.3, -0.25) is 9.59 Å². The van der Waals surface area contributed by atoms with E-state index in [4.69, 9.17) is 0 Å². The first-order chi connectivity index (χ1) is 12.4. The number of carbonyl (C=O) groups is 2. The van der Waals surface area contributed by atoms with Crippen LogP contribution in [0.3, 0.4) is 0 Å². The zero-order valence-electron chi connectivity index (χ0n) is 16.0. The Bertz CT molecular complexity index is 691. The van der Waals surface area contributed by atoms with E-state index >= 15 is 0 Å². The van der Waals surface area contributed by atoms with Crippen molar-refractivity contribution in [2.45, 2.75) is 52.0 Å². The molecule has 26 heavy (non-hydrogen) atoms. The van der Waals surface area contributed by atoms with Crippen molar-refractivity contribution in [2.24, 2.45) is 11.3 Å². The minimum Gasteiger partial charge on any atom is -0.350 e. The monoisotopic (exact) mass is 354 g/mol. The van der Waals surface area contributed by atoms with E-state index in [-0.39, 0.29) is 17.4 Å². The lowest BCUT2D eigenvalue weighted by atomic mass is 9.71. The van der Waals surface area contributed by atoms with Crippen LogP contribution in [-0.2, 0) is 22.4 Å². The first kappa shape index (κ1) is 18.7. The molecule has 1 aromatic rings. The van der Waals surface area contributed by atoms with Gasteiger partial charge in [0, 0.05) is 19.1 Å². The van der Waals surface area contributed by atoms with Gasteiger partial charge in [-0.25, -0.2) is 0 Å². The van der Waals surface area contributed by atoms with Crippen molar-refractivity contribution in [3.05, 3.63) is 48.0 Å². The summed E-state index contributed by atoms with van der Waals surface area (Å²) in [5, 5.41) is 2.96. The third-order valence-corrected chi connectivity index (χ3v) is 6.25. The number of nitrogens with one attached hydrogen (secondary N) is 1. The molecule has 2 unspecified atom stereocenters. The highest BCUT2D eigenvalue weighted by molar-refractivity contribution is 5.87. The van der Waals surface area contributed by atoms with Crippen molar-refractivity contribution >= 4 is 11.8 Å². The van der Waals surface area contributed by atoms with Gasteiger partial charge in [0.2, 0.25) is 11.8 Å². The van der Waals surface area contributed by atoms with Crippen molar-refractivity contribution in [1.82, 2.24) is 10.2 Å². The van der Waals surface area contributed by atoms with Crippen LogP contribution in [0.5, 0.6) is 0 Å². The van der Waals surface area contributed by atoms with Gasteiger partial charge in [0.25, 0.3) is 0 Å². The molecule has 0 saturated carbocycles. The van der Waals surface area contributed by atoms with Gasteiger partial charge in [0.1, 0.15) is 0 Å². The first-order valence-electron chi connectivity index (χ1n) is 9.72. The highest BCUT2D eigenvalue weighted by Gasteiger charge is 2.40. The van der Waals surface area contributed by atoms with Crippen molar-refractivity contribution < 1.29 is 9.59 Å². The van der Waals surface area contributed by atoms with Crippen LogP contribution in [0.25, 0.3) is 0 Å². The van der Waals surface area contributed by atoms with Crippen molar-refractivity contribution in [3.8, 4) is 0 Å². The number of hydrogen-bond acceptors (Lipinski definition) is 2. The Morgan fingerprint density at radius 3 is 2.58 bits per heavy atom. The summed E-state index contributed by atoms with van der Waals surface area (Å²) in [6.07, 6.45) is 5.95. The molecule has 4 nitrogen and oxygen atoms in total. The molecule has 1 saturated heterocycles. The van der Waals surface area contributed by atoms with Gasteiger partial charge in [-0.05, 0) is 62.1 Å². The highest BCUT2D eigenvalue weighted by atomic mass is 16.2. The van der Waals surface area contributed by atoms with Gasteiger partial charge in [0.15, 0.2) is 0 Å². The maximum absolute atomic E-state index is 13.2. The van der Waals surface area contributed by atoms with Crippen LogP contribution < -0.4 is 5.32 Å². The van der Waals surface area contributed by atoms with Crippen molar-refractivity contribution in [1.29, 1.82) is 0 Å². The molecular formula is C22H30N2O2. The molecule has 0 bridgehead atoms. The number of hydrogen-bond donors (Lipinski definition) is 1. The molecule has 1 heterocycles. The molecule has 140 valence electrons. The summed E-state index contributed by atoms with van der Waals surface area (Å²) in [5.74, 6) is 0.598. The summed E-state index contributed by atoms with van der Waals surface area (Å²) in [6, 6.07) is 8.62. The second kappa shape index (κ2) is 7.65. The van der Waals surface area contributed by atoms with Crippen LogP contribution in [0.4, 0.5) is 0 Å². The van der Waals surface area contributed by atoms with E-state index in [9.17, 15) is 9.59 Å². The molecular weight excluding hydrogens is 324 g/mol. The number of nitrogens with zero attached hydrogens (tertiary/aromatic N) is 1. The molecule has 2 atom stereocenters. The molecule has 4 heteroatoms. The zero-order chi connectivity index (χ0) is 18.7. The van der Waals surface area contributed by atoms with Gasteiger partial charge in [-0.2, -0.15) is 0 Å². The Balaban J connectivity index is 1.59. The van der Waals surface area contributed by atoms with Crippen molar-refractivity contribution in [2.75, 3.05) is 13.1 Å². The van der Waals surface area contributed by atoms with Gasteiger partial charge in [0.05, 0.1) is 5.41 Å². The van der Waals surface area contributed by atoms with Gasteiger partial charge in [-0.1, -0.05) is 37.8 Å². The second-order valence-electron chi connectivity index (χ2n) is 8.14. The number of aryl methyl sites for hydroxylation is 1. The third kappa shape index (κ3) is 3.84. The van der Waals surface area contributed by atoms with Crippen LogP contribution in [0.2, 0.25) is 0 Å². The fraction of sp³-hybridized carbons (Fsp3) is 0.545. The molecule has 0 spiro atoms. The Hall–Kier alpha value is -2.10. The predicted molar refractivity (Wildman–Crippen MR) is 104 cm³/mol. The molecule has 1 N–H and O–H groups in total. The number of carbonyl (C=O) groups excluding carboxylic acids is 2. The normalized spacial score (nSPS) is 24.5. The molecule has 1 fully saturated rings. The summed E-state index contributed by atoms with van der Waals surface area (Å²) in [7, 11) is 0. The summed E-state index contributed by atoms with van der Waals surface area (Å²) in [4.78, 5) is 26.8. The molecule has 1 aliphatic carbocycles. The van der Waals surface area contributed by atoms with Gasteiger partial charge < -0.3 is 10.2 Å². The molecule has 2 amide bonds. The Kier molecular flexibility index (Phi) is 5.49. The average molecular weight is 354 g/mol. The summed E-state index contributed by atoms with van der Waals surface area (Å²) in [5.41, 5.74) is 2.43. The lowest BCUT2D eigenvalue weighted by Gasteiger charge is -2.41. The largest absolute Gasteiger partial charge is 0.350 e. The highest BCUT2D eigenvalue weighted by Crippen LogP contribution is 2.37. The minimum absolute atomic E-state index is 0.120. The summed E-state index contributed by atoms with van der Waals surface area (Å²) in [6.45, 7) is 9.25. The molecule has 2 aliphatic rings. The lowest BCUT2D eigenvalue weighted by molar-refractivity contribution is -0.143. The maximum Gasteiger partial charge on any atom is 0.243 e. The van der Waals surface area contributed by atoms with Crippen LogP contribution in [0.15, 0.2) is 36.9 Å². The Morgan fingerprint density at radius 2 is 1.92 bits per heavy atom. The maximum atomic E-state index is 13.2. The van der Waals surface area contributed by atoms with Crippen LogP contribution in [0.1, 0.15) is 44.2 Å². The number of likely N-dealkylation sites (tertiary alicyclic amines) is 1. The summed E-state index contributed by atoms with van der Waals surface area (Å²) < 4.78 is 0. The quantitative estimate of drug-likeness (QED) is 0.845. The SMILES string of the molecule is C=CC(=O)NC(C)C1CCN(C(=O)C2(C)CCc3ccccc3C2)CC1.